The second-order valence-corrected chi connectivity index (χ2v) is 7.70. The number of aryl methyl sites for hydroxylation is 1. The summed E-state index contributed by atoms with van der Waals surface area (Å²) in [6.07, 6.45) is 0.222. The van der Waals surface area contributed by atoms with E-state index in [1.807, 2.05) is 6.07 Å². The Bertz CT molecular complexity index is 1160. The summed E-state index contributed by atoms with van der Waals surface area (Å²) in [5.74, 6) is 0. The molecule has 0 aliphatic carbocycles. The van der Waals surface area contributed by atoms with Crippen molar-refractivity contribution in [2.45, 2.75) is 39.9 Å². The van der Waals surface area contributed by atoms with Gasteiger partial charge in [-0.3, -0.25) is 0 Å². The van der Waals surface area contributed by atoms with E-state index in [1.54, 1.807) is 0 Å². The van der Waals surface area contributed by atoms with Crippen LogP contribution in [0.4, 0.5) is 17.1 Å². The summed E-state index contributed by atoms with van der Waals surface area (Å²) >= 11 is 0. The van der Waals surface area contributed by atoms with Gasteiger partial charge in [-0.15, -0.1) is 0 Å². The Morgan fingerprint density at radius 1 is 0.852 bits per heavy atom. The molecule has 0 fully saturated rings. The summed E-state index contributed by atoms with van der Waals surface area (Å²) in [7, 11) is 0. The first-order valence-electron chi connectivity index (χ1n) is 9.65. The third-order valence-corrected chi connectivity index (χ3v) is 5.72. The molecule has 0 radical (unpaired) electrons. The van der Waals surface area contributed by atoms with E-state index in [9.17, 15) is 0 Å². The monoisotopic (exact) mass is 356 g/mol. The average Bonchev–Trinajstić information content (AvgIpc) is 3.17. The summed E-state index contributed by atoms with van der Waals surface area (Å²) in [6.45, 7) is 8.97. The van der Waals surface area contributed by atoms with Crippen LogP contribution in [0.2, 0.25) is 0 Å². The molecule has 0 saturated heterocycles. The van der Waals surface area contributed by atoms with Crippen molar-refractivity contribution in [2.24, 2.45) is 0 Å². The van der Waals surface area contributed by atoms with Gasteiger partial charge in [-0.2, -0.15) is 0 Å². The molecule has 3 nitrogen and oxygen atoms in total. The van der Waals surface area contributed by atoms with Crippen LogP contribution in [0.5, 0.6) is 0 Å². The van der Waals surface area contributed by atoms with Gasteiger partial charge in [-0.1, -0.05) is 42.5 Å². The molecule has 0 amide bonds. The maximum absolute atomic E-state index is 6.38. The Labute approximate surface area is 159 Å². The van der Waals surface area contributed by atoms with Gasteiger partial charge in [0.05, 0.1) is 17.1 Å². The number of hydrogen-bond acceptors (Lipinski definition) is 3. The molecule has 3 heteroatoms. The predicted octanol–water partition coefficient (Wildman–Crippen LogP) is 6.61. The van der Waals surface area contributed by atoms with E-state index in [4.69, 9.17) is 4.42 Å². The van der Waals surface area contributed by atoms with E-state index in [0.29, 0.717) is 6.04 Å². The fourth-order valence-electron chi connectivity index (χ4n) is 4.60. The molecule has 5 rings (SSSR count). The first-order valence-corrected chi connectivity index (χ1v) is 9.65. The molecule has 0 bridgehead atoms. The second kappa shape index (κ2) is 5.78. The van der Waals surface area contributed by atoms with Crippen LogP contribution < -0.4 is 9.80 Å². The van der Waals surface area contributed by atoms with Crippen molar-refractivity contribution in [3.05, 3.63) is 66.2 Å². The van der Waals surface area contributed by atoms with E-state index in [2.05, 4.69) is 92.1 Å². The Morgan fingerprint density at radius 3 is 2.33 bits per heavy atom. The van der Waals surface area contributed by atoms with Gasteiger partial charge in [0.1, 0.15) is 11.7 Å². The minimum atomic E-state index is 0.222. The van der Waals surface area contributed by atoms with Crippen LogP contribution in [0.3, 0.4) is 0 Å². The maximum Gasteiger partial charge on any atom is 0.159 e. The quantitative estimate of drug-likeness (QED) is 0.403. The molecule has 0 saturated carbocycles. The van der Waals surface area contributed by atoms with Gasteiger partial charge >= 0.3 is 0 Å². The largest absolute Gasteiger partial charge is 0.454 e. The standard InChI is InChI=1S/C24H24N2O/c1-15(2)25-17(4)26(21-11-7-6-10-20(21)25)23-16(3)13-14-19-18-9-5-8-12-22(18)27-24(19)23/h5-15,17H,1-4H3/t17-/m1/s1. The van der Waals surface area contributed by atoms with Crippen LogP contribution in [0, 0.1) is 6.92 Å². The van der Waals surface area contributed by atoms with Gasteiger partial charge in [0.25, 0.3) is 0 Å². The zero-order valence-corrected chi connectivity index (χ0v) is 16.2. The normalized spacial score (nSPS) is 16.7. The van der Waals surface area contributed by atoms with E-state index in [1.165, 1.54) is 33.4 Å². The van der Waals surface area contributed by atoms with Gasteiger partial charge in [0.2, 0.25) is 0 Å². The second-order valence-electron chi connectivity index (χ2n) is 7.70. The van der Waals surface area contributed by atoms with Gasteiger partial charge in [0, 0.05) is 16.8 Å². The summed E-state index contributed by atoms with van der Waals surface area (Å²) in [6, 6.07) is 21.8. The van der Waals surface area contributed by atoms with Gasteiger partial charge in [-0.25, -0.2) is 0 Å². The molecule has 0 unspecified atom stereocenters. The third-order valence-electron chi connectivity index (χ3n) is 5.72. The molecule has 3 aromatic carbocycles. The zero-order valence-electron chi connectivity index (χ0n) is 16.2. The lowest BCUT2D eigenvalue weighted by atomic mass is 10.1. The Morgan fingerprint density at radius 2 is 1.56 bits per heavy atom. The molecule has 1 aliphatic rings. The summed E-state index contributed by atoms with van der Waals surface area (Å²) in [5.41, 5.74) is 6.85. The Kier molecular flexibility index (Phi) is 3.48. The lowest BCUT2D eigenvalue weighted by molar-refractivity contribution is 0.603. The number of benzene rings is 3. The number of rotatable bonds is 2. The number of nitrogens with zero attached hydrogens (tertiary/aromatic N) is 2. The number of anilines is 3. The predicted molar refractivity (Wildman–Crippen MR) is 114 cm³/mol. The SMILES string of the molecule is Cc1ccc2c(oc3ccccc32)c1N1c2ccccc2N(C(C)C)[C@H]1C. The summed E-state index contributed by atoms with van der Waals surface area (Å²) < 4.78 is 6.38. The molecule has 4 aromatic rings. The number of para-hydroxylation sites is 3. The summed E-state index contributed by atoms with van der Waals surface area (Å²) in [4.78, 5) is 4.92. The Hall–Kier alpha value is -2.94. The van der Waals surface area contributed by atoms with Gasteiger partial charge in [-0.05, 0) is 51.5 Å². The van der Waals surface area contributed by atoms with E-state index in [0.717, 1.165) is 11.2 Å². The van der Waals surface area contributed by atoms with E-state index >= 15 is 0 Å². The van der Waals surface area contributed by atoms with Crippen molar-refractivity contribution < 1.29 is 4.42 Å². The van der Waals surface area contributed by atoms with Crippen molar-refractivity contribution in [2.75, 3.05) is 9.80 Å². The molecule has 136 valence electrons. The molecule has 1 aromatic heterocycles. The van der Waals surface area contributed by atoms with Gasteiger partial charge < -0.3 is 14.2 Å². The molecule has 2 heterocycles. The molecule has 1 aliphatic heterocycles. The fraction of sp³-hybridized carbons (Fsp3) is 0.250. The van der Waals surface area contributed by atoms with Crippen molar-refractivity contribution in [3.8, 4) is 0 Å². The zero-order chi connectivity index (χ0) is 18.7. The van der Waals surface area contributed by atoms with E-state index in [-0.39, 0.29) is 6.17 Å². The first-order chi connectivity index (χ1) is 13.1. The third kappa shape index (κ3) is 2.21. The van der Waals surface area contributed by atoms with Crippen molar-refractivity contribution in [1.29, 1.82) is 0 Å². The lowest BCUT2D eigenvalue weighted by Crippen LogP contribution is -2.42. The topological polar surface area (TPSA) is 19.6 Å². The van der Waals surface area contributed by atoms with Crippen LogP contribution >= 0.6 is 0 Å². The number of furan rings is 1. The Balaban J connectivity index is 1.82. The van der Waals surface area contributed by atoms with Crippen molar-refractivity contribution >= 4 is 39.0 Å². The van der Waals surface area contributed by atoms with Gasteiger partial charge in [0.15, 0.2) is 5.58 Å². The average molecular weight is 356 g/mol. The molecule has 0 spiro atoms. The smallest absolute Gasteiger partial charge is 0.159 e. The van der Waals surface area contributed by atoms with Crippen LogP contribution in [-0.4, -0.2) is 12.2 Å². The molecule has 0 N–H and O–H groups in total. The number of hydrogen-bond donors (Lipinski definition) is 0. The molecule has 1 atom stereocenters. The van der Waals surface area contributed by atoms with Crippen LogP contribution in [-0.2, 0) is 0 Å². The van der Waals surface area contributed by atoms with Crippen LogP contribution in [0.25, 0.3) is 21.9 Å². The molecular weight excluding hydrogens is 332 g/mol. The highest BCUT2D eigenvalue weighted by Gasteiger charge is 2.37. The van der Waals surface area contributed by atoms with Crippen LogP contribution in [0.1, 0.15) is 26.3 Å². The van der Waals surface area contributed by atoms with E-state index < -0.39 is 0 Å². The lowest BCUT2D eigenvalue weighted by Gasteiger charge is -2.33. The molecule has 27 heavy (non-hydrogen) atoms. The first kappa shape index (κ1) is 16.2. The van der Waals surface area contributed by atoms with Crippen molar-refractivity contribution in [1.82, 2.24) is 0 Å². The summed E-state index contributed by atoms with van der Waals surface area (Å²) in [5, 5.41) is 2.36. The van der Waals surface area contributed by atoms with Crippen molar-refractivity contribution in [3.63, 3.8) is 0 Å². The fourth-order valence-corrected chi connectivity index (χ4v) is 4.60. The minimum absolute atomic E-state index is 0.222. The minimum Gasteiger partial charge on any atom is -0.454 e. The highest BCUT2D eigenvalue weighted by Crippen LogP contribution is 2.48. The number of fused-ring (bicyclic) bond motifs is 4. The highest BCUT2D eigenvalue weighted by atomic mass is 16.3. The van der Waals surface area contributed by atoms with Crippen LogP contribution in [0.15, 0.2) is 65.1 Å². The molecular formula is C24H24N2O. The highest BCUT2D eigenvalue weighted by molar-refractivity contribution is 6.10. The maximum atomic E-state index is 6.38.